The molecule has 0 saturated heterocycles. The molecule has 0 amide bonds. The van der Waals surface area contributed by atoms with Crippen LogP contribution in [-0.4, -0.2) is 16.1 Å². The highest BCUT2D eigenvalue weighted by Crippen LogP contribution is 2.31. The molecular weight excluding hydrogens is 328 g/mol. The Hall–Kier alpha value is -1.81. The monoisotopic (exact) mass is 356 g/mol. The number of hydrogen-bond acceptors (Lipinski definition) is 2. The third kappa shape index (κ3) is 4.24. The van der Waals surface area contributed by atoms with Gasteiger partial charge in [0, 0.05) is 11.7 Å². The van der Waals surface area contributed by atoms with Gasteiger partial charge in [0.25, 0.3) is 0 Å². The molecule has 1 fully saturated rings. The topological polar surface area (TPSA) is 28.4 Å². The van der Waals surface area contributed by atoms with Crippen LogP contribution in [0.15, 0.2) is 47.1 Å². The maximum atomic E-state index is 5.87. The third-order valence-electron chi connectivity index (χ3n) is 5.21. The van der Waals surface area contributed by atoms with Gasteiger partial charge in [-0.1, -0.05) is 44.4 Å². The van der Waals surface area contributed by atoms with Crippen LogP contribution in [-0.2, 0) is 6.42 Å². The van der Waals surface area contributed by atoms with Crippen molar-refractivity contribution >= 4 is 23.0 Å². The first-order valence-corrected chi connectivity index (χ1v) is 9.82. The van der Waals surface area contributed by atoms with Crippen LogP contribution < -0.4 is 5.32 Å². The lowest BCUT2D eigenvalue weighted by Crippen LogP contribution is -2.45. The predicted molar refractivity (Wildman–Crippen MR) is 108 cm³/mol. The van der Waals surface area contributed by atoms with Gasteiger partial charge in [-0.15, -0.1) is 0 Å². The summed E-state index contributed by atoms with van der Waals surface area (Å²) in [5, 5.41) is 4.32. The summed E-state index contributed by atoms with van der Waals surface area (Å²) in [7, 11) is 0. The molecular formula is C21H28N2OS. The molecule has 0 bridgehead atoms. The van der Waals surface area contributed by atoms with Gasteiger partial charge in [-0.3, -0.25) is 0 Å². The molecule has 4 heteroatoms. The molecule has 1 aromatic carbocycles. The first-order chi connectivity index (χ1) is 12.2. The van der Waals surface area contributed by atoms with Crippen molar-refractivity contribution in [1.82, 2.24) is 4.90 Å². The average molecular weight is 357 g/mol. The summed E-state index contributed by atoms with van der Waals surface area (Å²) in [5.74, 6) is 0.971. The molecule has 0 unspecified atom stereocenters. The number of nitrogens with one attached hydrogen (secondary N) is 1. The lowest BCUT2D eigenvalue weighted by Gasteiger charge is -2.40. The molecule has 1 heterocycles. The fraction of sp³-hybridized carbons (Fsp3) is 0.476. The molecule has 1 N–H and O–H groups in total. The molecule has 1 saturated carbocycles. The van der Waals surface area contributed by atoms with E-state index >= 15 is 0 Å². The summed E-state index contributed by atoms with van der Waals surface area (Å²) in [4.78, 5) is 2.36. The Balaban J connectivity index is 1.83. The number of furan rings is 1. The van der Waals surface area contributed by atoms with Crippen molar-refractivity contribution in [2.45, 2.75) is 64.5 Å². The van der Waals surface area contributed by atoms with Crippen LogP contribution in [0, 0.1) is 0 Å². The smallest absolute Gasteiger partial charge is 0.174 e. The summed E-state index contributed by atoms with van der Waals surface area (Å²) in [6, 6.07) is 13.0. The lowest BCUT2D eigenvalue weighted by molar-refractivity contribution is 0.186. The minimum Gasteiger partial charge on any atom is -0.467 e. The van der Waals surface area contributed by atoms with Crippen LogP contribution in [0.4, 0.5) is 5.69 Å². The maximum absolute atomic E-state index is 5.87. The van der Waals surface area contributed by atoms with Gasteiger partial charge in [-0.25, -0.2) is 0 Å². The highest BCUT2D eigenvalue weighted by atomic mass is 32.1. The highest BCUT2D eigenvalue weighted by Gasteiger charge is 2.29. The molecule has 3 rings (SSSR count). The van der Waals surface area contributed by atoms with Gasteiger partial charge in [-0.05, 0) is 62.2 Å². The second-order valence-corrected chi connectivity index (χ2v) is 7.22. The second kappa shape index (κ2) is 8.52. The summed E-state index contributed by atoms with van der Waals surface area (Å²) >= 11 is 5.87. The van der Waals surface area contributed by atoms with Gasteiger partial charge in [0.05, 0.1) is 12.3 Å². The fourth-order valence-corrected chi connectivity index (χ4v) is 4.23. The zero-order valence-electron chi connectivity index (χ0n) is 15.2. The van der Waals surface area contributed by atoms with Crippen molar-refractivity contribution in [3.8, 4) is 0 Å². The summed E-state index contributed by atoms with van der Waals surface area (Å²) in [6.07, 6.45) is 9.01. The third-order valence-corrected chi connectivity index (χ3v) is 5.53. The van der Waals surface area contributed by atoms with Crippen LogP contribution in [0.2, 0.25) is 0 Å². The van der Waals surface area contributed by atoms with Crippen LogP contribution in [0.3, 0.4) is 0 Å². The molecule has 134 valence electrons. The largest absolute Gasteiger partial charge is 0.467 e. The molecule has 1 aliphatic rings. The molecule has 2 aromatic rings. The minimum atomic E-state index is 0.131. The van der Waals surface area contributed by atoms with Crippen molar-refractivity contribution in [2.24, 2.45) is 0 Å². The number of thiocarbonyl (C=S) groups is 1. The average Bonchev–Trinajstić information content (AvgIpc) is 3.18. The first kappa shape index (κ1) is 18.0. The van der Waals surface area contributed by atoms with E-state index in [2.05, 4.69) is 48.3 Å². The van der Waals surface area contributed by atoms with Crippen molar-refractivity contribution in [3.05, 3.63) is 54.0 Å². The number of nitrogens with zero attached hydrogens (tertiary/aromatic N) is 1. The van der Waals surface area contributed by atoms with Gasteiger partial charge in [0.2, 0.25) is 0 Å². The minimum absolute atomic E-state index is 0.131. The zero-order valence-corrected chi connectivity index (χ0v) is 16.0. The molecule has 0 aliphatic heterocycles. The quantitative estimate of drug-likeness (QED) is 0.672. The van der Waals surface area contributed by atoms with Gasteiger partial charge < -0.3 is 14.6 Å². The Morgan fingerprint density at radius 3 is 2.64 bits per heavy atom. The Labute approximate surface area is 156 Å². The number of benzene rings is 1. The Morgan fingerprint density at radius 2 is 1.96 bits per heavy atom. The van der Waals surface area contributed by atoms with E-state index < -0.39 is 0 Å². The molecule has 1 aromatic heterocycles. The van der Waals surface area contributed by atoms with Crippen LogP contribution >= 0.6 is 12.2 Å². The van der Waals surface area contributed by atoms with E-state index in [0.29, 0.717) is 6.04 Å². The maximum Gasteiger partial charge on any atom is 0.174 e. The number of para-hydroxylation sites is 1. The van der Waals surface area contributed by atoms with Crippen molar-refractivity contribution < 1.29 is 4.42 Å². The van der Waals surface area contributed by atoms with E-state index in [-0.39, 0.29) is 6.04 Å². The van der Waals surface area contributed by atoms with E-state index in [1.54, 1.807) is 6.26 Å². The van der Waals surface area contributed by atoms with Crippen molar-refractivity contribution in [3.63, 3.8) is 0 Å². The van der Waals surface area contributed by atoms with Crippen LogP contribution in [0.5, 0.6) is 0 Å². The van der Waals surface area contributed by atoms with Crippen LogP contribution in [0.25, 0.3) is 0 Å². The van der Waals surface area contributed by atoms with Gasteiger partial charge in [0.1, 0.15) is 5.76 Å². The molecule has 25 heavy (non-hydrogen) atoms. The number of hydrogen-bond donors (Lipinski definition) is 1. The van der Waals surface area contributed by atoms with Gasteiger partial charge in [-0.2, -0.15) is 0 Å². The summed E-state index contributed by atoms with van der Waals surface area (Å²) in [5.41, 5.74) is 2.40. The van der Waals surface area contributed by atoms with Crippen molar-refractivity contribution in [2.75, 3.05) is 5.32 Å². The first-order valence-electron chi connectivity index (χ1n) is 9.41. The highest BCUT2D eigenvalue weighted by molar-refractivity contribution is 7.80. The normalized spacial score (nSPS) is 16.4. The Kier molecular flexibility index (Phi) is 6.14. The standard InChI is InChI=1S/C21H28N2OS/c1-3-17-10-7-8-13-19(17)22-21(25)23(18-11-5-4-6-12-18)16(2)20-14-9-15-24-20/h7-10,13-16,18H,3-6,11-12H2,1-2H3,(H,22,25)/t16-/m1/s1. The van der Waals surface area contributed by atoms with Crippen molar-refractivity contribution in [1.29, 1.82) is 0 Å². The molecule has 0 radical (unpaired) electrons. The van der Waals surface area contributed by atoms with Gasteiger partial charge >= 0.3 is 0 Å². The lowest BCUT2D eigenvalue weighted by atomic mass is 9.93. The van der Waals surface area contributed by atoms with E-state index in [4.69, 9.17) is 16.6 Å². The Morgan fingerprint density at radius 1 is 1.20 bits per heavy atom. The SMILES string of the molecule is CCc1ccccc1NC(=S)N(C1CCCCC1)[C@H](C)c1ccco1. The molecule has 0 spiro atoms. The number of anilines is 1. The van der Waals surface area contributed by atoms with E-state index in [1.165, 1.54) is 37.7 Å². The molecule has 1 atom stereocenters. The van der Waals surface area contributed by atoms with Gasteiger partial charge in [0.15, 0.2) is 5.11 Å². The number of rotatable bonds is 5. The molecule has 1 aliphatic carbocycles. The molecule has 3 nitrogen and oxygen atoms in total. The summed E-state index contributed by atoms with van der Waals surface area (Å²) < 4.78 is 5.68. The predicted octanol–water partition coefficient (Wildman–Crippen LogP) is 5.93. The van der Waals surface area contributed by atoms with E-state index in [9.17, 15) is 0 Å². The second-order valence-electron chi connectivity index (χ2n) is 6.83. The number of aryl methyl sites for hydroxylation is 1. The van der Waals surface area contributed by atoms with E-state index in [1.807, 2.05) is 12.1 Å². The Bertz CT molecular complexity index is 677. The fourth-order valence-electron chi connectivity index (χ4n) is 3.81. The zero-order chi connectivity index (χ0) is 17.6. The van der Waals surface area contributed by atoms with E-state index in [0.717, 1.165) is 23.0 Å². The van der Waals surface area contributed by atoms with Crippen LogP contribution in [0.1, 0.15) is 63.3 Å². The summed E-state index contributed by atoms with van der Waals surface area (Å²) in [6.45, 7) is 4.36.